The number of ether oxygens (including phenoxy) is 1. The molecule has 3 heteroatoms. The Morgan fingerprint density at radius 1 is 1.24 bits per heavy atom. The van der Waals surface area contributed by atoms with Crippen LogP contribution in [-0.4, -0.2) is 6.61 Å². The molecule has 0 saturated heterocycles. The van der Waals surface area contributed by atoms with Crippen LogP contribution in [0.2, 0.25) is 5.02 Å². The molecule has 112 valence electrons. The molecule has 0 bridgehead atoms. The quantitative estimate of drug-likeness (QED) is 0.776. The van der Waals surface area contributed by atoms with Crippen molar-refractivity contribution in [3.63, 3.8) is 0 Å². The molecule has 0 aromatic heterocycles. The first kappa shape index (κ1) is 14.7. The molecule has 0 amide bonds. The van der Waals surface area contributed by atoms with Gasteiger partial charge in [0, 0.05) is 11.4 Å². The molecule has 3 rings (SSSR count). The molecule has 21 heavy (non-hydrogen) atoms. The molecule has 1 saturated carbocycles. The number of halogens is 1. The maximum absolute atomic E-state index is 9.77. The van der Waals surface area contributed by atoms with E-state index in [1.807, 2.05) is 12.1 Å². The maximum Gasteiger partial charge on any atom is 0.125 e. The zero-order valence-electron chi connectivity index (χ0n) is 12.8. The lowest BCUT2D eigenvalue weighted by atomic mass is 9.63. The van der Waals surface area contributed by atoms with Gasteiger partial charge in [-0.1, -0.05) is 25.4 Å². The van der Waals surface area contributed by atoms with Gasteiger partial charge in [-0.25, -0.2) is 0 Å². The summed E-state index contributed by atoms with van der Waals surface area (Å²) in [7, 11) is 0. The van der Waals surface area contributed by atoms with Gasteiger partial charge in [0.2, 0.25) is 0 Å². The van der Waals surface area contributed by atoms with Crippen LogP contribution < -0.4 is 4.74 Å². The van der Waals surface area contributed by atoms with Crippen molar-refractivity contribution in [2.45, 2.75) is 52.4 Å². The van der Waals surface area contributed by atoms with Gasteiger partial charge in [-0.2, -0.15) is 5.26 Å². The van der Waals surface area contributed by atoms with E-state index in [2.05, 4.69) is 19.9 Å². The Balaban J connectivity index is 1.88. The number of rotatable bonds is 2. The van der Waals surface area contributed by atoms with Crippen LogP contribution >= 0.6 is 11.6 Å². The molecular formula is C18H22ClNO. The molecule has 0 N–H and O–H groups in total. The van der Waals surface area contributed by atoms with Gasteiger partial charge in [0.25, 0.3) is 0 Å². The van der Waals surface area contributed by atoms with Gasteiger partial charge in [0.1, 0.15) is 5.75 Å². The van der Waals surface area contributed by atoms with Gasteiger partial charge in [-0.3, -0.25) is 0 Å². The molecule has 2 aliphatic rings. The normalized spacial score (nSPS) is 22.2. The molecule has 1 aliphatic heterocycles. The van der Waals surface area contributed by atoms with Crippen molar-refractivity contribution >= 4 is 11.6 Å². The highest BCUT2D eigenvalue weighted by Crippen LogP contribution is 2.48. The van der Waals surface area contributed by atoms with Gasteiger partial charge in [-0.05, 0) is 60.8 Å². The Morgan fingerprint density at radius 3 is 2.62 bits per heavy atom. The summed E-state index contributed by atoms with van der Waals surface area (Å²) in [5, 5.41) is 10.5. The summed E-state index contributed by atoms with van der Waals surface area (Å²) >= 11 is 6.24. The molecule has 0 unspecified atom stereocenters. The van der Waals surface area contributed by atoms with Crippen molar-refractivity contribution < 1.29 is 4.74 Å². The number of nitriles is 1. The van der Waals surface area contributed by atoms with E-state index in [1.54, 1.807) is 0 Å². The summed E-state index contributed by atoms with van der Waals surface area (Å²) in [6.45, 7) is 5.33. The minimum absolute atomic E-state index is 0.250. The van der Waals surface area contributed by atoms with Crippen molar-refractivity contribution in [3.8, 4) is 11.8 Å². The molecule has 1 aliphatic carbocycles. The molecular weight excluding hydrogens is 282 g/mol. The van der Waals surface area contributed by atoms with Crippen molar-refractivity contribution in [1.29, 1.82) is 5.26 Å². The Morgan fingerprint density at radius 2 is 1.95 bits per heavy atom. The standard InChI is InChI=1S/C18H22ClNO/c1-17(2)4-6-18(12-20,7-5-17)11-14-10-15(19)9-13-3-8-21-16(13)14/h9-10H,3-8,11H2,1-2H3. The zero-order chi connectivity index (χ0) is 15.1. The van der Waals surface area contributed by atoms with E-state index >= 15 is 0 Å². The summed E-state index contributed by atoms with van der Waals surface area (Å²) in [6, 6.07) is 6.60. The number of fused-ring (bicyclic) bond motifs is 1. The van der Waals surface area contributed by atoms with Crippen molar-refractivity contribution in [1.82, 2.24) is 0 Å². The second kappa shape index (κ2) is 5.21. The lowest BCUT2D eigenvalue weighted by molar-refractivity contribution is 0.145. The van der Waals surface area contributed by atoms with Crippen LogP contribution in [0.3, 0.4) is 0 Å². The first-order valence-corrected chi connectivity index (χ1v) is 8.16. The van der Waals surface area contributed by atoms with Crippen LogP contribution in [0.25, 0.3) is 0 Å². The van der Waals surface area contributed by atoms with Gasteiger partial charge >= 0.3 is 0 Å². The van der Waals surface area contributed by atoms with Gasteiger partial charge in [-0.15, -0.1) is 0 Å². The van der Waals surface area contributed by atoms with Crippen LogP contribution in [-0.2, 0) is 12.8 Å². The summed E-state index contributed by atoms with van der Waals surface area (Å²) in [4.78, 5) is 0. The Labute approximate surface area is 132 Å². The number of nitrogens with zero attached hydrogens (tertiary/aromatic N) is 1. The number of benzene rings is 1. The Hall–Kier alpha value is -1.20. The fraction of sp³-hybridized carbons (Fsp3) is 0.611. The highest BCUT2D eigenvalue weighted by molar-refractivity contribution is 6.30. The number of hydrogen-bond donors (Lipinski definition) is 0. The van der Waals surface area contributed by atoms with Crippen molar-refractivity contribution in [2.24, 2.45) is 10.8 Å². The third-order valence-corrected chi connectivity index (χ3v) is 5.37. The summed E-state index contributed by atoms with van der Waals surface area (Å²) in [6.07, 6.45) is 5.86. The van der Waals surface area contributed by atoms with Crippen LogP contribution in [0.4, 0.5) is 0 Å². The summed E-state index contributed by atoms with van der Waals surface area (Å²) in [5.41, 5.74) is 2.44. The van der Waals surface area contributed by atoms with Gasteiger partial charge < -0.3 is 4.74 Å². The molecule has 1 aromatic rings. The molecule has 1 aromatic carbocycles. The first-order chi connectivity index (χ1) is 9.93. The lowest BCUT2D eigenvalue weighted by Crippen LogP contribution is -2.32. The van der Waals surface area contributed by atoms with Crippen LogP contribution in [0.5, 0.6) is 5.75 Å². The second-order valence-corrected chi connectivity index (χ2v) is 7.82. The average Bonchev–Trinajstić information content (AvgIpc) is 2.90. The topological polar surface area (TPSA) is 33.0 Å². The van der Waals surface area contributed by atoms with E-state index < -0.39 is 0 Å². The van der Waals surface area contributed by atoms with E-state index in [-0.39, 0.29) is 5.41 Å². The van der Waals surface area contributed by atoms with Crippen molar-refractivity contribution in [3.05, 3.63) is 28.3 Å². The van der Waals surface area contributed by atoms with E-state index in [0.29, 0.717) is 5.41 Å². The van der Waals surface area contributed by atoms with E-state index in [0.717, 1.165) is 61.5 Å². The van der Waals surface area contributed by atoms with Gasteiger partial charge in [0.15, 0.2) is 0 Å². The molecule has 0 atom stereocenters. The number of hydrogen-bond acceptors (Lipinski definition) is 2. The Kier molecular flexibility index (Phi) is 3.66. The van der Waals surface area contributed by atoms with Crippen LogP contribution in [0.15, 0.2) is 12.1 Å². The highest BCUT2D eigenvalue weighted by atomic mass is 35.5. The Bertz CT molecular complexity index is 590. The van der Waals surface area contributed by atoms with E-state index in [4.69, 9.17) is 16.3 Å². The van der Waals surface area contributed by atoms with Crippen molar-refractivity contribution in [2.75, 3.05) is 6.61 Å². The molecule has 0 radical (unpaired) electrons. The summed E-state index contributed by atoms with van der Waals surface area (Å²) in [5.74, 6) is 0.985. The molecule has 1 heterocycles. The smallest absolute Gasteiger partial charge is 0.125 e. The van der Waals surface area contributed by atoms with Gasteiger partial charge in [0.05, 0.1) is 18.1 Å². The average molecular weight is 304 g/mol. The fourth-order valence-corrected chi connectivity index (χ4v) is 3.84. The van der Waals surface area contributed by atoms with E-state index in [9.17, 15) is 5.26 Å². The van der Waals surface area contributed by atoms with Crippen LogP contribution in [0, 0.1) is 22.2 Å². The predicted molar refractivity (Wildman–Crippen MR) is 84.7 cm³/mol. The molecule has 0 spiro atoms. The molecule has 1 fully saturated rings. The summed E-state index contributed by atoms with van der Waals surface area (Å²) < 4.78 is 5.79. The highest BCUT2D eigenvalue weighted by Gasteiger charge is 2.39. The second-order valence-electron chi connectivity index (χ2n) is 7.38. The minimum atomic E-state index is -0.250. The lowest BCUT2D eigenvalue weighted by Gasteiger charge is -2.39. The van der Waals surface area contributed by atoms with Crippen LogP contribution in [0.1, 0.15) is 50.7 Å². The van der Waals surface area contributed by atoms with E-state index in [1.165, 1.54) is 5.56 Å². The minimum Gasteiger partial charge on any atom is -0.493 e. The largest absolute Gasteiger partial charge is 0.493 e. The maximum atomic E-state index is 9.77. The fourth-order valence-electron chi connectivity index (χ4n) is 3.58. The predicted octanol–water partition coefficient (Wildman–Crippen LogP) is 4.93. The zero-order valence-corrected chi connectivity index (χ0v) is 13.6. The third kappa shape index (κ3) is 2.90. The molecule has 2 nitrogen and oxygen atoms in total. The third-order valence-electron chi connectivity index (χ3n) is 5.15. The first-order valence-electron chi connectivity index (χ1n) is 7.78. The monoisotopic (exact) mass is 303 g/mol. The SMILES string of the molecule is CC1(C)CCC(C#N)(Cc2cc(Cl)cc3c2OCC3)CC1.